The lowest BCUT2D eigenvalue weighted by atomic mass is 9.96. The molecule has 0 spiro atoms. The first-order valence-electron chi connectivity index (χ1n) is 13.3. The molecule has 1 unspecified atom stereocenters. The van der Waals surface area contributed by atoms with Crippen molar-refractivity contribution in [1.82, 2.24) is 25.0 Å². The van der Waals surface area contributed by atoms with Crippen molar-refractivity contribution in [3.63, 3.8) is 0 Å². The zero-order chi connectivity index (χ0) is 26.8. The summed E-state index contributed by atoms with van der Waals surface area (Å²) in [6, 6.07) is 6.71. The number of fused-ring (bicyclic) bond motifs is 3. The van der Waals surface area contributed by atoms with E-state index >= 15 is 0 Å². The molecule has 2 N–H and O–H groups in total. The largest absolute Gasteiger partial charge is 0.444 e. The van der Waals surface area contributed by atoms with Gasteiger partial charge in [0.2, 0.25) is 5.95 Å². The Morgan fingerprint density at radius 1 is 1.21 bits per heavy atom. The van der Waals surface area contributed by atoms with Gasteiger partial charge in [0.05, 0.1) is 23.5 Å². The van der Waals surface area contributed by atoms with Gasteiger partial charge >= 0.3 is 6.09 Å². The van der Waals surface area contributed by atoms with Gasteiger partial charge in [-0.05, 0) is 78.0 Å². The molecule has 0 saturated carbocycles. The number of amides is 1. The van der Waals surface area contributed by atoms with E-state index in [0.29, 0.717) is 5.95 Å². The number of nitrogens with one attached hydrogen (secondary N) is 2. The fraction of sp³-hybridized carbons (Fsp3) is 0.448. The Hall–Kier alpha value is -3.88. The van der Waals surface area contributed by atoms with Crippen LogP contribution in [0.2, 0.25) is 0 Å². The third-order valence-electron chi connectivity index (χ3n) is 7.69. The number of aryl methyl sites for hydroxylation is 3. The summed E-state index contributed by atoms with van der Waals surface area (Å²) in [5.41, 5.74) is 6.38. The molecule has 1 aromatic carbocycles. The van der Waals surface area contributed by atoms with Gasteiger partial charge in [-0.3, -0.25) is 0 Å². The first kappa shape index (κ1) is 24.5. The molecule has 9 nitrogen and oxygen atoms in total. The number of carbonyl (C=O) groups is 1. The summed E-state index contributed by atoms with van der Waals surface area (Å²) >= 11 is 0. The smallest absolute Gasteiger partial charge is 0.410 e. The van der Waals surface area contributed by atoms with E-state index in [4.69, 9.17) is 14.2 Å². The second kappa shape index (κ2) is 8.85. The zero-order valence-corrected chi connectivity index (χ0v) is 22.8. The van der Waals surface area contributed by atoms with Crippen LogP contribution in [0.4, 0.5) is 10.7 Å². The van der Waals surface area contributed by atoms with Crippen LogP contribution in [0.25, 0.3) is 33.3 Å². The van der Waals surface area contributed by atoms with Crippen molar-refractivity contribution in [3.05, 3.63) is 47.6 Å². The van der Waals surface area contributed by atoms with Gasteiger partial charge in [0.25, 0.3) is 0 Å². The third-order valence-corrected chi connectivity index (χ3v) is 7.69. The van der Waals surface area contributed by atoms with Crippen LogP contribution in [0.1, 0.15) is 57.1 Å². The van der Waals surface area contributed by atoms with Crippen LogP contribution in [0.3, 0.4) is 0 Å². The first-order valence-corrected chi connectivity index (χ1v) is 13.3. The van der Waals surface area contributed by atoms with Crippen molar-refractivity contribution in [2.45, 2.75) is 84.5 Å². The standard InChI is InChI=1S/C29H34N6O3/c1-15-13-31-27(32-23-12-19-8-10-24(23)35(19)28(36)37-29(4,5)6)33-26(15)21-14-30-22-11-18(7-9-20(21)22)25-16(2)34-38-17(25)3/h7,9,11,13-14,19,23-24,30H,8,10,12H2,1-6H3,(H,31,32,33)/t19-,23?,24+/m0/s1. The maximum atomic E-state index is 12.9. The van der Waals surface area contributed by atoms with E-state index in [1.807, 2.05) is 58.8 Å². The SMILES string of the molecule is Cc1cnc(NC2C[C@@H]3CC[C@H]2N3C(=O)OC(C)(C)C)nc1-c1c[nH]c2cc(-c3c(C)noc3C)ccc12. The minimum absolute atomic E-state index is 0.0824. The number of nitrogens with zero attached hydrogens (tertiary/aromatic N) is 4. The first-order chi connectivity index (χ1) is 18.1. The molecule has 6 rings (SSSR count). The second-order valence-corrected chi connectivity index (χ2v) is 11.6. The zero-order valence-electron chi connectivity index (χ0n) is 22.8. The molecule has 4 aromatic rings. The molecule has 2 fully saturated rings. The molecule has 0 radical (unpaired) electrons. The number of carbonyl (C=O) groups excluding carboxylic acids is 1. The molecule has 5 heterocycles. The predicted octanol–water partition coefficient (Wildman–Crippen LogP) is 6.16. The number of hydrogen-bond donors (Lipinski definition) is 2. The summed E-state index contributed by atoms with van der Waals surface area (Å²) < 4.78 is 11.1. The quantitative estimate of drug-likeness (QED) is 0.336. The molecule has 0 aliphatic carbocycles. The Labute approximate surface area is 222 Å². The highest BCUT2D eigenvalue weighted by atomic mass is 16.6. The van der Waals surface area contributed by atoms with Crippen molar-refractivity contribution < 1.29 is 14.1 Å². The van der Waals surface area contributed by atoms with E-state index in [-0.39, 0.29) is 24.2 Å². The lowest BCUT2D eigenvalue weighted by Gasteiger charge is -2.28. The molecular formula is C29H34N6O3. The molecule has 2 bridgehead atoms. The number of benzene rings is 1. The van der Waals surface area contributed by atoms with Crippen LogP contribution in [0.15, 0.2) is 35.1 Å². The monoisotopic (exact) mass is 514 g/mol. The normalized spacial score (nSPS) is 20.9. The maximum absolute atomic E-state index is 12.9. The van der Waals surface area contributed by atoms with E-state index in [2.05, 4.69) is 38.6 Å². The highest BCUT2D eigenvalue weighted by Crippen LogP contribution is 2.40. The predicted molar refractivity (Wildman–Crippen MR) is 146 cm³/mol. The topological polar surface area (TPSA) is 109 Å². The molecular weight excluding hydrogens is 480 g/mol. The molecule has 3 aromatic heterocycles. The summed E-state index contributed by atoms with van der Waals surface area (Å²) in [6.45, 7) is 11.6. The van der Waals surface area contributed by atoms with Gasteiger partial charge in [-0.2, -0.15) is 0 Å². The van der Waals surface area contributed by atoms with E-state index in [9.17, 15) is 4.79 Å². The number of aromatic amines is 1. The van der Waals surface area contributed by atoms with Gasteiger partial charge in [-0.15, -0.1) is 0 Å². The van der Waals surface area contributed by atoms with E-state index < -0.39 is 5.60 Å². The van der Waals surface area contributed by atoms with Gasteiger partial charge < -0.3 is 24.5 Å². The van der Waals surface area contributed by atoms with Crippen molar-refractivity contribution in [2.24, 2.45) is 0 Å². The van der Waals surface area contributed by atoms with Crippen LogP contribution in [0.5, 0.6) is 0 Å². The minimum Gasteiger partial charge on any atom is -0.444 e. The number of H-pyrrole nitrogens is 1. The highest BCUT2D eigenvalue weighted by molar-refractivity contribution is 5.97. The van der Waals surface area contributed by atoms with Crippen LogP contribution in [-0.2, 0) is 4.74 Å². The van der Waals surface area contributed by atoms with Gasteiger partial charge in [-0.25, -0.2) is 14.8 Å². The Balaban J connectivity index is 1.26. The lowest BCUT2D eigenvalue weighted by molar-refractivity contribution is 0.0214. The lowest BCUT2D eigenvalue weighted by Crippen LogP contribution is -2.42. The van der Waals surface area contributed by atoms with Crippen LogP contribution >= 0.6 is 0 Å². The maximum Gasteiger partial charge on any atom is 0.410 e. The molecule has 1 amide bonds. The van der Waals surface area contributed by atoms with Gasteiger partial charge in [0.1, 0.15) is 11.4 Å². The molecule has 2 saturated heterocycles. The van der Waals surface area contributed by atoms with Crippen molar-refractivity contribution in [2.75, 3.05) is 5.32 Å². The van der Waals surface area contributed by atoms with E-state index in [0.717, 1.165) is 69.6 Å². The summed E-state index contributed by atoms with van der Waals surface area (Å²) in [5, 5.41) is 8.72. The Kier molecular flexibility index (Phi) is 5.70. The second-order valence-electron chi connectivity index (χ2n) is 11.6. The average Bonchev–Trinajstić information content (AvgIpc) is 3.61. The third kappa shape index (κ3) is 4.19. The molecule has 9 heteroatoms. The fourth-order valence-corrected chi connectivity index (χ4v) is 6.07. The fourth-order valence-electron chi connectivity index (χ4n) is 6.07. The Morgan fingerprint density at radius 3 is 2.76 bits per heavy atom. The van der Waals surface area contributed by atoms with Crippen molar-refractivity contribution in [3.8, 4) is 22.4 Å². The Morgan fingerprint density at radius 2 is 2.03 bits per heavy atom. The molecule has 2 aliphatic heterocycles. The summed E-state index contributed by atoms with van der Waals surface area (Å²) in [6.07, 6.45) is 6.47. The number of hydrogen-bond acceptors (Lipinski definition) is 7. The molecule has 3 atom stereocenters. The summed E-state index contributed by atoms with van der Waals surface area (Å²) in [4.78, 5) is 27.7. The number of rotatable bonds is 4. The van der Waals surface area contributed by atoms with Gasteiger partial charge in [0.15, 0.2) is 0 Å². The minimum atomic E-state index is -0.510. The van der Waals surface area contributed by atoms with Crippen LogP contribution in [0, 0.1) is 20.8 Å². The van der Waals surface area contributed by atoms with Crippen molar-refractivity contribution in [1.29, 1.82) is 0 Å². The molecule has 38 heavy (non-hydrogen) atoms. The highest BCUT2D eigenvalue weighted by Gasteiger charge is 2.50. The number of aromatic nitrogens is 4. The summed E-state index contributed by atoms with van der Waals surface area (Å²) in [5.74, 6) is 1.39. The Bertz CT molecular complexity index is 1510. The average molecular weight is 515 g/mol. The molecule has 198 valence electrons. The van der Waals surface area contributed by atoms with Crippen LogP contribution in [-0.4, -0.2) is 54.8 Å². The van der Waals surface area contributed by atoms with Crippen molar-refractivity contribution >= 4 is 22.9 Å². The van der Waals surface area contributed by atoms with Crippen LogP contribution < -0.4 is 5.32 Å². The van der Waals surface area contributed by atoms with E-state index in [1.54, 1.807) is 0 Å². The summed E-state index contributed by atoms with van der Waals surface area (Å²) in [7, 11) is 0. The number of ether oxygens (including phenoxy) is 1. The van der Waals surface area contributed by atoms with E-state index in [1.165, 1.54) is 0 Å². The van der Waals surface area contributed by atoms with Gasteiger partial charge in [0, 0.05) is 40.5 Å². The number of anilines is 1. The van der Waals surface area contributed by atoms with Gasteiger partial charge in [-0.1, -0.05) is 17.3 Å². The molecule has 2 aliphatic rings.